The third kappa shape index (κ3) is 4.22. The SMILES string of the molecule is CC(C)CN1CCC2(CC1)NC(=O)N(CCCCC(=O)O)C2=O. The van der Waals surface area contributed by atoms with Crippen LogP contribution in [0.2, 0.25) is 0 Å². The number of amides is 3. The summed E-state index contributed by atoms with van der Waals surface area (Å²) in [4.78, 5) is 38.9. The summed E-state index contributed by atoms with van der Waals surface area (Å²) in [5.41, 5.74) is -0.739. The number of rotatable bonds is 7. The minimum Gasteiger partial charge on any atom is -0.481 e. The molecule has 0 radical (unpaired) electrons. The van der Waals surface area contributed by atoms with Crippen molar-refractivity contribution in [1.82, 2.24) is 15.1 Å². The maximum atomic E-state index is 12.7. The van der Waals surface area contributed by atoms with Crippen LogP contribution in [0.25, 0.3) is 0 Å². The summed E-state index contributed by atoms with van der Waals surface area (Å²) in [6, 6.07) is -0.331. The molecule has 0 aromatic rings. The van der Waals surface area contributed by atoms with E-state index in [1.54, 1.807) is 0 Å². The average Bonchev–Trinajstić information content (AvgIpc) is 2.69. The number of piperidine rings is 1. The maximum absolute atomic E-state index is 12.7. The first-order valence-corrected chi connectivity index (χ1v) is 8.42. The molecule has 130 valence electrons. The molecular formula is C16H27N3O4. The molecule has 0 aliphatic carbocycles. The molecule has 2 aliphatic heterocycles. The van der Waals surface area contributed by atoms with Gasteiger partial charge in [-0.05, 0) is 31.6 Å². The maximum Gasteiger partial charge on any atom is 0.325 e. The van der Waals surface area contributed by atoms with E-state index in [4.69, 9.17) is 5.11 Å². The van der Waals surface area contributed by atoms with Crippen molar-refractivity contribution in [3.05, 3.63) is 0 Å². The van der Waals surface area contributed by atoms with E-state index in [1.165, 1.54) is 4.90 Å². The predicted octanol–water partition coefficient (Wildman–Crippen LogP) is 1.28. The lowest BCUT2D eigenvalue weighted by Gasteiger charge is -2.38. The number of aliphatic carboxylic acids is 1. The van der Waals surface area contributed by atoms with E-state index in [0.717, 1.165) is 19.6 Å². The van der Waals surface area contributed by atoms with Gasteiger partial charge in [0.2, 0.25) is 0 Å². The zero-order valence-electron chi connectivity index (χ0n) is 14.0. The van der Waals surface area contributed by atoms with Gasteiger partial charge in [-0.3, -0.25) is 14.5 Å². The number of hydrogen-bond acceptors (Lipinski definition) is 4. The molecule has 0 aromatic carbocycles. The summed E-state index contributed by atoms with van der Waals surface area (Å²) < 4.78 is 0. The topological polar surface area (TPSA) is 90.0 Å². The Hall–Kier alpha value is -1.63. The van der Waals surface area contributed by atoms with Crippen molar-refractivity contribution in [2.45, 2.75) is 51.5 Å². The number of urea groups is 1. The number of carboxylic acids is 1. The van der Waals surface area contributed by atoms with Gasteiger partial charge in [0.1, 0.15) is 5.54 Å². The van der Waals surface area contributed by atoms with Gasteiger partial charge in [0.05, 0.1) is 0 Å². The van der Waals surface area contributed by atoms with Crippen molar-refractivity contribution in [1.29, 1.82) is 0 Å². The van der Waals surface area contributed by atoms with Crippen LogP contribution in [-0.2, 0) is 9.59 Å². The van der Waals surface area contributed by atoms with Crippen LogP contribution in [0.5, 0.6) is 0 Å². The van der Waals surface area contributed by atoms with Gasteiger partial charge in [-0.15, -0.1) is 0 Å². The molecule has 0 bridgehead atoms. The molecule has 2 aliphatic rings. The van der Waals surface area contributed by atoms with E-state index in [2.05, 4.69) is 24.1 Å². The molecular weight excluding hydrogens is 298 g/mol. The van der Waals surface area contributed by atoms with Crippen molar-refractivity contribution in [3.8, 4) is 0 Å². The van der Waals surface area contributed by atoms with E-state index >= 15 is 0 Å². The number of carboxylic acid groups (broad SMARTS) is 1. The highest BCUT2D eigenvalue weighted by molar-refractivity contribution is 6.07. The van der Waals surface area contributed by atoms with Crippen molar-refractivity contribution in [2.75, 3.05) is 26.2 Å². The molecule has 2 rings (SSSR count). The minimum absolute atomic E-state index is 0.0684. The number of nitrogens with one attached hydrogen (secondary N) is 1. The van der Waals surface area contributed by atoms with Crippen LogP contribution in [0.1, 0.15) is 46.0 Å². The normalized spacial score (nSPS) is 21.3. The van der Waals surface area contributed by atoms with Gasteiger partial charge in [0.15, 0.2) is 0 Å². The van der Waals surface area contributed by atoms with E-state index in [0.29, 0.717) is 38.1 Å². The van der Waals surface area contributed by atoms with Gasteiger partial charge in [-0.2, -0.15) is 0 Å². The second kappa shape index (κ2) is 7.29. The zero-order chi connectivity index (χ0) is 17.0. The van der Waals surface area contributed by atoms with Crippen molar-refractivity contribution < 1.29 is 19.5 Å². The van der Waals surface area contributed by atoms with Crippen LogP contribution in [0.15, 0.2) is 0 Å². The van der Waals surface area contributed by atoms with Gasteiger partial charge in [0, 0.05) is 32.6 Å². The Morgan fingerprint density at radius 2 is 1.91 bits per heavy atom. The Kier molecular flexibility index (Phi) is 5.62. The average molecular weight is 325 g/mol. The van der Waals surface area contributed by atoms with Gasteiger partial charge in [-0.25, -0.2) is 4.79 Å². The number of nitrogens with zero attached hydrogens (tertiary/aromatic N) is 2. The molecule has 0 atom stereocenters. The van der Waals surface area contributed by atoms with Gasteiger partial charge in [0.25, 0.3) is 5.91 Å². The highest BCUT2D eigenvalue weighted by atomic mass is 16.4. The molecule has 23 heavy (non-hydrogen) atoms. The van der Waals surface area contributed by atoms with Crippen LogP contribution in [0.3, 0.4) is 0 Å². The first-order chi connectivity index (χ1) is 10.8. The molecule has 7 nitrogen and oxygen atoms in total. The van der Waals surface area contributed by atoms with E-state index in [9.17, 15) is 14.4 Å². The quantitative estimate of drug-likeness (QED) is 0.544. The molecule has 1 spiro atoms. The summed E-state index contributed by atoms with van der Waals surface area (Å²) >= 11 is 0. The number of hydrogen-bond donors (Lipinski definition) is 2. The minimum atomic E-state index is -0.851. The predicted molar refractivity (Wildman–Crippen MR) is 85.0 cm³/mol. The fraction of sp³-hybridized carbons (Fsp3) is 0.812. The number of carbonyl (C=O) groups is 3. The molecule has 2 heterocycles. The standard InChI is InChI=1S/C16H27N3O4/c1-12(2)11-18-9-6-16(7-10-18)14(22)19(15(23)17-16)8-4-3-5-13(20)21/h12H,3-11H2,1-2H3,(H,17,23)(H,20,21). The summed E-state index contributed by atoms with van der Waals surface area (Å²) in [5, 5.41) is 11.5. The number of likely N-dealkylation sites (tertiary alicyclic amines) is 1. The molecule has 0 unspecified atom stereocenters. The second-order valence-electron chi connectivity index (χ2n) is 7.01. The highest BCUT2D eigenvalue weighted by Gasteiger charge is 2.51. The number of carbonyl (C=O) groups excluding carboxylic acids is 2. The third-order valence-electron chi connectivity index (χ3n) is 4.60. The lowest BCUT2D eigenvalue weighted by molar-refractivity contribution is -0.137. The van der Waals surface area contributed by atoms with E-state index in [-0.39, 0.29) is 18.4 Å². The summed E-state index contributed by atoms with van der Waals surface area (Å²) in [6.45, 7) is 7.29. The number of imide groups is 1. The summed E-state index contributed by atoms with van der Waals surface area (Å²) in [5.74, 6) is -0.401. The third-order valence-corrected chi connectivity index (χ3v) is 4.60. The summed E-state index contributed by atoms with van der Waals surface area (Å²) in [6.07, 6.45) is 2.37. The van der Waals surface area contributed by atoms with E-state index < -0.39 is 11.5 Å². The fourth-order valence-corrected chi connectivity index (χ4v) is 3.40. The Morgan fingerprint density at radius 3 is 2.48 bits per heavy atom. The van der Waals surface area contributed by atoms with Crippen LogP contribution in [0, 0.1) is 5.92 Å². The Labute approximate surface area is 137 Å². The van der Waals surface area contributed by atoms with Crippen LogP contribution < -0.4 is 5.32 Å². The second-order valence-corrected chi connectivity index (χ2v) is 7.01. The van der Waals surface area contributed by atoms with Crippen molar-refractivity contribution >= 4 is 17.9 Å². The largest absolute Gasteiger partial charge is 0.481 e. The van der Waals surface area contributed by atoms with Crippen LogP contribution in [-0.4, -0.2) is 64.5 Å². The van der Waals surface area contributed by atoms with Crippen molar-refractivity contribution in [3.63, 3.8) is 0 Å². The van der Waals surface area contributed by atoms with E-state index in [1.807, 2.05) is 0 Å². The molecule has 7 heteroatoms. The van der Waals surface area contributed by atoms with Crippen LogP contribution in [0.4, 0.5) is 4.79 Å². The lowest BCUT2D eigenvalue weighted by atomic mass is 9.87. The zero-order valence-corrected chi connectivity index (χ0v) is 14.0. The monoisotopic (exact) mass is 325 g/mol. The van der Waals surface area contributed by atoms with Gasteiger partial charge >= 0.3 is 12.0 Å². The highest BCUT2D eigenvalue weighted by Crippen LogP contribution is 2.30. The lowest BCUT2D eigenvalue weighted by Crippen LogP contribution is -2.55. The Balaban J connectivity index is 1.87. The van der Waals surface area contributed by atoms with Gasteiger partial charge < -0.3 is 15.3 Å². The molecule has 0 aromatic heterocycles. The molecule has 0 saturated carbocycles. The van der Waals surface area contributed by atoms with Crippen molar-refractivity contribution in [2.24, 2.45) is 5.92 Å². The Bertz CT molecular complexity index is 470. The summed E-state index contributed by atoms with van der Waals surface area (Å²) in [7, 11) is 0. The molecule has 3 amide bonds. The first-order valence-electron chi connectivity index (χ1n) is 8.42. The molecule has 2 N–H and O–H groups in total. The molecule has 2 fully saturated rings. The smallest absolute Gasteiger partial charge is 0.325 e. The first kappa shape index (κ1) is 17.7. The Morgan fingerprint density at radius 1 is 1.26 bits per heavy atom. The number of unbranched alkanes of at least 4 members (excludes halogenated alkanes) is 1. The fourth-order valence-electron chi connectivity index (χ4n) is 3.40. The molecule has 2 saturated heterocycles. The van der Waals surface area contributed by atoms with Gasteiger partial charge in [-0.1, -0.05) is 13.8 Å². The van der Waals surface area contributed by atoms with Crippen LogP contribution >= 0.6 is 0 Å².